The second-order valence-electron chi connectivity index (χ2n) is 7.19. The van der Waals surface area contributed by atoms with Crippen LogP contribution in [0.25, 0.3) is 16.6 Å². The van der Waals surface area contributed by atoms with Crippen molar-refractivity contribution in [3.8, 4) is 0 Å². The maximum atomic E-state index is 4.32. The molecule has 3 aromatic heterocycles. The van der Waals surface area contributed by atoms with Crippen molar-refractivity contribution in [2.24, 2.45) is 4.99 Å². The van der Waals surface area contributed by atoms with Gasteiger partial charge in [0.1, 0.15) is 5.82 Å². The Morgan fingerprint density at radius 3 is 2.83 bits per heavy atom. The molecule has 4 rings (SSSR count). The van der Waals surface area contributed by atoms with Gasteiger partial charge in [0.15, 0.2) is 11.6 Å². The van der Waals surface area contributed by atoms with E-state index in [1.165, 1.54) is 22.0 Å². The number of aromatic nitrogens is 4. The first kappa shape index (κ1) is 22.1. The fourth-order valence-corrected chi connectivity index (χ4v) is 3.56. The van der Waals surface area contributed by atoms with Gasteiger partial charge in [-0.1, -0.05) is 18.2 Å². The molecule has 0 bridgehead atoms. The van der Waals surface area contributed by atoms with Crippen molar-refractivity contribution in [3.05, 3.63) is 65.7 Å². The van der Waals surface area contributed by atoms with Crippen LogP contribution in [-0.4, -0.2) is 45.7 Å². The van der Waals surface area contributed by atoms with Gasteiger partial charge in [-0.25, -0.2) is 0 Å². The highest BCUT2D eigenvalue weighted by Gasteiger charge is 2.06. The predicted molar refractivity (Wildman–Crippen MR) is 133 cm³/mol. The Bertz CT molecular complexity index is 1130. The van der Waals surface area contributed by atoms with E-state index < -0.39 is 0 Å². The summed E-state index contributed by atoms with van der Waals surface area (Å²) in [6.07, 6.45) is 6.87. The number of pyridine rings is 1. The molecule has 8 heteroatoms. The van der Waals surface area contributed by atoms with Crippen molar-refractivity contribution in [3.63, 3.8) is 0 Å². The molecular weight excluding hydrogens is 489 g/mol. The highest BCUT2D eigenvalue weighted by Crippen LogP contribution is 2.19. The number of halogens is 1. The highest BCUT2D eigenvalue weighted by molar-refractivity contribution is 14.0. The normalized spacial score (nSPS) is 11.6. The molecule has 3 N–H and O–H groups in total. The second-order valence-corrected chi connectivity index (χ2v) is 7.19. The number of aromatic amines is 1. The lowest BCUT2D eigenvalue weighted by Crippen LogP contribution is -2.38. The van der Waals surface area contributed by atoms with E-state index in [0.29, 0.717) is 0 Å². The second kappa shape index (κ2) is 10.4. The van der Waals surface area contributed by atoms with Crippen LogP contribution in [0.2, 0.25) is 0 Å². The van der Waals surface area contributed by atoms with E-state index in [-0.39, 0.29) is 24.0 Å². The van der Waals surface area contributed by atoms with Crippen molar-refractivity contribution in [2.45, 2.75) is 26.2 Å². The maximum Gasteiger partial charge on any atom is 0.190 e. The smallest absolute Gasteiger partial charge is 0.190 e. The van der Waals surface area contributed by atoms with E-state index in [1.807, 2.05) is 28.8 Å². The third-order valence-electron chi connectivity index (χ3n) is 5.09. The monoisotopic (exact) mass is 517 g/mol. The lowest BCUT2D eigenvalue weighted by atomic mass is 10.1. The number of hydrogen-bond donors (Lipinski definition) is 3. The average molecular weight is 517 g/mol. The van der Waals surface area contributed by atoms with Crippen LogP contribution in [-0.2, 0) is 12.8 Å². The van der Waals surface area contributed by atoms with Gasteiger partial charge >= 0.3 is 0 Å². The quantitative estimate of drug-likeness (QED) is 0.152. The molecule has 0 saturated heterocycles. The molecule has 0 atom stereocenters. The number of aliphatic imine (C=N–C) groups is 1. The summed E-state index contributed by atoms with van der Waals surface area (Å²) >= 11 is 0. The molecule has 7 nitrogen and oxygen atoms in total. The van der Waals surface area contributed by atoms with Crippen LogP contribution in [0.15, 0.2) is 53.8 Å². The van der Waals surface area contributed by atoms with Gasteiger partial charge in [-0.15, -0.1) is 34.2 Å². The lowest BCUT2D eigenvalue weighted by molar-refractivity contribution is 0.713. The summed E-state index contributed by atoms with van der Waals surface area (Å²) in [6, 6.07) is 12.5. The standard InChI is InChI=1S/C22H27N7.HI/c1-16-8-9-18-17(15-26-19(18)14-16)10-12-25-22(23-2)24-11-5-7-21-28-27-20-6-3-4-13-29(20)21;/h3-4,6,8-9,13-15,26H,5,7,10-12H2,1-2H3,(H2,23,24,25);1H. The minimum absolute atomic E-state index is 0. The molecule has 4 aromatic rings. The van der Waals surface area contributed by atoms with Crippen molar-refractivity contribution in [1.29, 1.82) is 0 Å². The fraction of sp³-hybridized carbons (Fsp3) is 0.318. The molecule has 0 aliphatic heterocycles. The fourth-order valence-electron chi connectivity index (χ4n) is 3.56. The zero-order valence-corrected chi connectivity index (χ0v) is 19.7. The number of nitrogens with zero attached hydrogens (tertiary/aromatic N) is 4. The van der Waals surface area contributed by atoms with Crippen molar-refractivity contribution in [1.82, 2.24) is 30.2 Å². The number of aryl methyl sites for hydroxylation is 2. The molecular formula is C22H28IN7. The van der Waals surface area contributed by atoms with E-state index >= 15 is 0 Å². The number of guanidine groups is 1. The van der Waals surface area contributed by atoms with Gasteiger partial charge in [-0.05, 0) is 49.1 Å². The first-order valence-corrected chi connectivity index (χ1v) is 10.0. The molecule has 0 unspecified atom stereocenters. The lowest BCUT2D eigenvalue weighted by Gasteiger charge is -2.11. The number of benzene rings is 1. The average Bonchev–Trinajstić information content (AvgIpc) is 3.33. The molecule has 158 valence electrons. The Kier molecular flexibility index (Phi) is 7.67. The SMILES string of the molecule is CN=C(NCCCc1nnc2ccccn12)NCCc1c[nH]c2cc(C)ccc12.I. The Balaban J connectivity index is 0.00000256. The molecule has 0 aliphatic rings. The third kappa shape index (κ3) is 5.10. The summed E-state index contributed by atoms with van der Waals surface area (Å²) in [5.41, 5.74) is 4.68. The zero-order chi connectivity index (χ0) is 20.1. The zero-order valence-electron chi connectivity index (χ0n) is 17.4. The van der Waals surface area contributed by atoms with Gasteiger partial charge in [0.05, 0.1) is 0 Å². The van der Waals surface area contributed by atoms with E-state index in [9.17, 15) is 0 Å². The van der Waals surface area contributed by atoms with Crippen LogP contribution in [0.5, 0.6) is 0 Å². The van der Waals surface area contributed by atoms with Crippen molar-refractivity contribution < 1.29 is 0 Å². The molecule has 0 aliphatic carbocycles. The van der Waals surface area contributed by atoms with E-state index in [0.717, 1.165) is 49.8 Å². The van der Waals surface area contributed by atoms with Crippen LogP contribution < -0.4 is 10.6 Å². The van der Waals surface area contributed by atoms with Gasteiger partial charge in [-0.3, -0.25) is 9.39 Å². The maximum absolute atomic E-state index is 4.32. The first-order valence-electron chi connectivity index (χ1n) is 10.0. The number of hydrogen-bond acceptors (Lipinski definition) is 3. The molecule has 0 spiro atoms. The number of fused-ring (bicyclic) bond motifs is 2. The molecule has 0 radical (unpaired) electrons. The Morgan fingerprint density at radius 2 is 1.97 bits per heavy atom. The summed E-state index contributed by atoms with van der Waals surface area (Å²) in [5, 5.41) is 16.5. The summed E-state index contributed by atoms with van der Waals surface area (Å²) in [6.45, 7) is 3.77. The highest BCUT2D eigenvalue weighted by atomic mass is 127. The van der Waals surface area contributed by atoms with Gasteiger partial charge in [0.2, 0.25) is 0 Å². The number of H-pyrrole nitrogens is 1. The van der Waals surface area contributed by atoms with E-state index in [4.69, 9.17) is 0 Å². The van der Waals surface area contributed by atoms with E-state index in [1.54, 1.807) is 7.05 Å². The summed E-state index contributed by atoms with van der Waals surface area (Å²) in [5.74, 6) is 1.81. The van der Waals surface area contributed by atoms with Gasteiger partial charge in [0.25, 0.3) is 0 Å². The largest absolute Gasteiger partial charge is 0.361 e. The Labute approximate surface area is 193 Å². The first-order chi connectivity index (χ1) is 14.2. The Hall–Kier alpha value is -2.62. The molecule has 3 heterocycles. The van der Waals surface area contributed by atoms with Gasteiger partial charge in [0, 0.05) is 49.9 Å². The summed E-state index contributed by atoms with van der Waals surface area (Å²) < 4.78 is 2.04. The van der Waals surface area contributed by atoms with Crippen LogP contribution in [0.1, 0.15) is 23.4 Å². The molecule has 0 saturated carbocycles. The topological polar surface area (TPSA) is 82.4 Å². The van der Waals surface area contributed by atoms with Gasteiger partial charge < -0.3 is 15.6 Å². The van der Waals surface area contributed by atoms with E-state index in [2.05, 4.69) is 62.1 Å². The third-order valence-corrected chi connectivity index (χ3v) is 5.09. The minimum atomic E-state index is 0. The van der Waals surface area contributed by atoms with Crippen LogP contribution in [0, 0.1) is 6.92 Å². The van der Waals surface area contributed by atoms with Crippen molar-refractivity contribution in [2.75, 3.05) is 20.1 Å². The number of nitrogens with one attached hydrogen (secondary N) is 3. The van der Waals surface area contributed by atoms with Crippen LogP contribution in [0.3, 0.4) is 0 Å². The molecule has 30 heavy (non-hydrogen) atoms. The minimum Gasteiger partial charge on any atom is -0.361 e. The summed E-state index contributed by atoms with van der Waals surface area (Å²) in [4.78, 5) is 7.68. The molecule has 0 amide bonds. The summed E-state index contributed by atoms with van der Waals surface area (Å²) in [7, 11) is 1.80. The Morgan fingerprint density at radius 1 is 1.10 bits per heavy atom. The predicted octanol–water partition coefficient (Wildman–Crippen LogP) is 3.48. The van der Waals surface area contributed by atoms with Crippen molar-refractivity contribution >= 4 is 46.5 Å². The number of rotatable bonds is 7. The molecule has 1 aromatic carbocycles. The van der Waals surface area contributed by atoms with Crippen LogP contribution >= 0.6 is 24.0 Å². The van der Waals surface area contributed by atoms with Gasteiger partial charge in [-0.2, -0.15) is 0 Å². The van der Waals surface area contributed by atoms with Crippen LogP contribution in [0.4, 0.5) is 0 Å². The molecule has 0 fully saturated rings.